The minimum Gasteiger partial charge on any atom is -0.494 e. The fourth-order valence-corrected chi connectivity index (χ4v) is 6.39. The Morgan fingerprint density at radius 3 is 2.76 bits per heavy atom. The van der Waals surface area contributed by atoms with Crippen molar-refractivity contribution < 1.29 is 34.1 Å². The van der Waals surface area contributed by atoms with Gasteiger partial charge in [0.15, 0.2) is 5.69 Å². The molecule has 0 unspecified atom stereocenters. The number of esters is 1. The number of hydrogen-bond donors (Lipinski definition) is 2. The highest BCUT2D eigenvalue weighted by molar-refractivity contribution is 8.18. The smallest absolute Gasteiger partial charge is 0.338 e. The number of pyridine rings is 1. The Morgan fingerprint density at radius 2 is 2.05 bits per heavy atom. The van der Waals surface area contributed by atoms with Crippen LogP contribution in [0, 0.1) is 0 Å². The standard InChI is InChI=1S/C28H25N5O7S2/c1-5-40-15-9-17-14(13-41-24-16(26(37)38)7-6-8-29-24)12-28(2,3)33-22(17)18(10-15)21(25(33)36)31-32-27-30-23(35)19(42-27)11-20(34)39-4/h6-12,36H,5,13H2,1-4H3,(H,37,38)/b19-11+,32-31?. The van der Waals surface area contributed by atoms with Crippen LogP contribution in [-0.4, -0.2) is 62.2 Å². The third-order valence-electron chi connectivity index (χ3n) is 6.41. The number of aromatic nitrogens is 2. The van der Waals surface area contributed by atoms with Crippen molar-refractivity contribution in [2.75, 3.05) is 19.5 Å². The number of carbonyl (C=O) groups excluding carboxylic acids is 2. The van der Waals surface area contributed by atoms with Crippen molar-refractivity contribution in [1.29, 1.82) is 0 Å². The Balaban J connectivity index is 1.57. The molecule has 0 aliphatic carbocycles. The molecule has 2 aliphatic heterocycles. The molecule has 3 aromatic rings. The van der Waals surface area contributed by atoms with Crippen LogP contribution in [0.3, 0.4) is 0 Å². The Hall–Kier alpha value is -4.43. The van der Waals surface area contributed by atoms with Gasteiger partial charge in [-0.25, -0.2) is 14.6 Å². The zero-order chi connectivity index (χ0) is 30.2. The van der Waals surface area contributed by atoms with E-state index in [2.05, 4.69) is 24.9 Å². The van der Waals surface area contributed by atoms with Gasteiger partial charge in [-0.3, -0.25) is 4.79 Å². The van der Waals surface area contributed by atoms with E-state index in [1.807, 2.05) is 32.9 Å². The minimum absolute atomic E-state index is 0.00517. The fraction of sp³-hybridized carbons (Fsp3) is 0.250. The lowest BCUT2D eigenvalue weighted by Gasteiger charge is -2.32. The summed E-state index contributed by atoms with van der Waals surface area (Å²) in [5.41, 5.74) is 1.92. The number of nitrogens with zero attached hydrogens (tertiary/aromatic N) is 5. The fourth-order valence-electron chi connectivity index (χ4n) is 4.72. The van der Waals surface area contributed by atoms with Gasteiger partial charge in [-0.1, -0.05) is 6.08 Å². The first-order valence-corrected chi connectivity index (χ1v) is 14.4. The molecule has 14 heteroatoms. The van der Waals surface area contributed by atoms with E-state index in [9.17, 15) is 24.6 Å². The van der Waals surface area contributed by atoms with Gasteiger partial charge in [0.2, 0.25) is 11.0 Å². The molecule has 0 spiro atoms. The summed E-state index contributed by atoms with van der Waals surface area (Å²) in [5.74, 6) is -1.60. The Labute approximate surface area is 248 Å². The number of rotatable bonds is 8. The molecule has 2 aromatic heterocycles. The Bertz CT molecular complexity index is 1770. The summed E-state index contributed by atoms with van der Waals surface area (Å²) in [4.78, 5) is 43.6. The maximum atomic E-state index is 12.2. The highest BCUT2D eigenvalue weighted by atomic mass is 32.2. The molecule has 5 rings (SSSR count). The van der Waals surface area contributed by atoms with Crippen LogP contribution in [0.1, 0.15) is 36.7 Å². The predicted octanol–water partition coefficient (Wildman–Crippen LogP) is 5.53. The molecule has 0 saturated carbocycles. The Morgan fingerprint density at radius 1 is 1.26 bits per heavy atom. The number of azo groups is 1. The summed E-state index contributed by atoms with van der Waals surface area (Å²) >= 11 is 2.17. The number of carbonyl (C=O) groups is 3. The van der Waals surface area contributed by atoms with E-state index in [0.29, 0.717) is 34.0 Å². The van der Waals surface area contributed by atoms with E-state index < -0.39 is 23.4 Å². The number of allylic oxidation sites excluding steroid dienone is 1. The van der Waals surface area contributed by atoms with E-state index in [1.54, 1.807) is 22.9 Å². The topological polar surface area (TPSA) is 165 Å². The van der Waals surface area contributed by atoms with E-state index in [0.717, 1.165) is 29.0 Å². The van der Waals surface area contributed by atoms with Crippen molar-refractivity contribution in [3.05, 3.63) is 58.6 Å². The van der Waals surface area contributed by atoms with Crippen LogP contribution in [-0.2, 0) is 19.9 Å². The molecule has 1 amide bonds. The molecule has 42 heavy (non-hydrogen) atoms. The molecular weight excluding hydrogens is 582 g/mol. The number of aliphatic imine (C=N–C) groups is 1. The lowest BCUT2D eigenvalue weighted by molar-refractivity contribution is -0.135. The number of benzene rings is 1. The van der Waals surface area contributed by atoms with Crippen molar-refractivity contribution in [3.63, 3.8) is 0 Å². The summed E-state index contributed by atoms with van der Waals surface area (Å²) in [7, 11) is 1.20. The van der Waals surface area contributed by atoms with Gasteiger partial charge in [-0.2, -0.15) is 4.99 Å². The lowest BCUT2D eigenvalue weighted by atomic mass is 9.91. The molecule has 1 aromatic carbocycles. The van der Waals surface area contributed by atoms with Crippen LogP contribution in [0.5, 0.6) is 11.6 Å². The summed E-state index contributed by atoms with van der Waals surface area (Å²) in [6.45, 7) is 6.11. The Kier molecular flexibility index (Phi) is 7.93. The molecule has 0 atom stereocenters. The average molecular weight is 608 g/mol. The first-order chi connectivity index (χ1) is 20.0. The summed E-state index contributed by atoms with van der Waals surface area (Å²) < 4.78 is 12.2. The second-order valence-corrected chi connectivity index (χ2v) is 11.6. The van der Waals surface area contributed by atoms with Crippen LogP contribution in [0.15, 0.2) is 67.8 Å². The van der Waals surface area contributed by atoms with E-state index in [4.69, 9.17) is 4.74 Å². The average Bonchev–Trinajstić information content (AvgIpc) is 3.44. The number of aromatic hydroxyl groups is 1. The number of methoxy groups -OCH3 is 1. The zero-order valence-corrected chi connectivity index (χ0v) is 24.6. The molecule has 12 nitrogen and oxygen atoms in total. The van der Waals surface area contributed by atoms with Gasteiger partial charge in [0.25, 0.3) is 5.91 Å². The molecule has 4 heterocycles. The number of amides is 1. The second-order valence-electron chi connectivity index (χ2n) is 9.61. The van der Waals surface area contributed by atoms with Crippen LogP contribution in [0.25, 0.3) is 16.5 Å². The highest BCUT2D eigenvalue weighted by Gasteiger charge is 2.34. The first-order valence-electron chi connectivity index (χ1n) is 12.6. The molecular formula is C28H25N5O7S2. The van der Waals surface area contributed by atoms with Crippen LogP contribution >= 0.6 is 23.5 Å². The van der Waals surface area contributed by atoms with Crippen molar-refractivity contribution in [2.45, 2.75) is 31.3 Å². The lowest BCUT2D eigenvalue weighted by Crippen LogP contribution is -2.27. The van der Waals surface area contributed by atoms with Gasteiger partial charge in [0.1, 0.15) is 10.8 Å². The highest BCUT2D eigenvalue weighted by Crippen LogP contribution is 2.50. The SMILES string of the molecule is CCOc1cc2c3c(c1)c(N=NC1=NC(=O)/C(=C\C(=O)OC)S1)c(O)n3C(C)(C)C=C2CSc1ncccc1C(=O)O. The van der Waals surface area contributed by atoms with Gasteiger partial charge < -0.3 is 24.3 Å². The second kappa shape index (κ2) is 11.4. The third-order valence-corrected chi connectivity index (χ3v) is 8.33. The molecule has 216 valence electrons. The molecule has 0 radical (unpaired) electrons. The summed E-state index contributed by atoms with van der Waals surface area (Å²) in [5, 5.41) is 30.4. The van der Waals surface area contributed by atoms with Crippen molar-refractivity contribution in [2.24, 2.45) is 15.2 Å². The maximum absolute atomic E-state index is 12.2. The largest absolute Gasteiger partial charge is 0.494 e. The number of ether oxygens (including phenoxy) is 2. The van der Waals surface area contributed by atoms with Crippen molar-refractivity contribution in [1.82, 2.24) is 9.55 Å². The van der Waals surface area contributed by atoms with Gasteiger partial charge in [-0.05, 0) is 62.4 Å². The van der Waals surface area contributed by atoms with Gasteiger partial charge in [0, 0.05) is 29.0 Å². The van der Waals surface area contributed by atoms with Gasteiger partial charge in [-0.15, -0.1) is 22.0 Å². The number of amidine groups is 1. The molecule has 0 saturated heterocycles. The monoisotopic (exact) mass is 607 g/mol. The summed E-state index contributed by atoms with van der Waals surface area (Å²) in [6, 6.07) is 6.73. The molecule has 2 N–H and O–H groups in total. The van der Waals surface area contributed by atoms with Crippen LogP contribution in [0.4, 0.5) is 5.69 Å². The number of thioether (sulfide) groups is 2. The van der Waals surface area contributed by atoms with E-state index in [1.165, 1.54) is 24.9 Å². The molecule has 0 bridgehead atoms. The number of carboxylic acids is 1. The van der Waals surface area contributed by atoms with E-state index >= 15 is 0 Å². The van der Waals surface area contributed by atoms with Crippen molar-refractivity contribution >= 4 is 68.7 Å². The predicted molar refractivity (Wildman–Crippen MR) is 159 cm³/mol. The quantitative estimate of drug-likeness (QED) is 0.144. The van der Waals surface area contributed by atoms with Gasteiger partial charge >= 0.3 is 11.9 Å². The maximum Gasteiger partial charge on any atom is 0.338 e. The van der Waals surface area contributed by atoms with Crippen molar-refractivity contribution in [3.8, 4) is 11.6 Å². The molecule has 0 fully saturated rings. The zero-order valence-electron chi connectivity index (χ0n) is 22.9. The van der Waals surface area contributed by atoms with Crippen LogP contribution < -0.4 is 4.74 Å². The summed E-state index contributed by atoms with van der Waals surface area (Å²) in [6.07, 6.45) is 4.58. The third kappa shape index (κ3) is 5.42. The number of carboxylic acid groups (broad SMARTS) is 1. The normalized spacial score (nSPS) is 16.7. The first kappa shape index (κ1) is 29.1. The van der Waals surface area contributed by atoms with E-state index in [-0.39, 0.29) is 27.2 Å². The minimum atomic E-state index is -1.06. The van der Waals surface area contributed by atoms with Crippen LogP contribution in [0.2, 0.25) is 0 Å². The van der Waals surface area contributed by atoms with Gasteiger partial charge in [0.05, 0.1) is 35.2 Å². The molecule has 2 aliphatic rings. The number of hydrogen-bond acceptors (Lipinski definition) is 11. The number of aromatic carboxylic acids is 1.